The SMILES string of the molecule is c1ccc(-c2ccc3c(c2)C(c2ccccc2)(c2ccc4ccccc4c2)c2c(ccc4ccccc24)N3c2c3ccccc3cc3ccccc23)cc1. The number of rotatable bonds is 4. The molecule has 0 aliphatic carbocycles. The summed E-state index contributed by atoms with van der Waals surface area (Å²) in [7, 11) is 0. The number of hydrogen-bond donors (Lipinski definition) is 0. The fourth-order valence-electron chi connectivity index (χ4n) is 9.30. The van der Waals surface area contributed by atoms with Crippen molar-refractivity contribution in [1.29, 1.82) is 0 Å². The van der Waals surface area contributed by atoms with Crippen molar-refractivity contribution in [3.05, 3.63) is 235 Å². The van der Waals surface area contributed by atoms with Gasteiger partial charge in [-0.2, -0.15) is 0 Å². The zero-order valence-corrected chi connectivity index (χ0v) is 29.7. The topological polar surface area (TPSA) is 3.24 Å². The van der Waals surface area contributed by atoms with Gasteiger partial charge < -0.3 is 4.90 Å². The predicted molar refractivity (Wildman–Crippen MR) is 228 cm³/mol. The minimum Gasteiger partial charge on any atom is -0.309 e. The Bertz CT molecular complexity index is 3000. The van der Waals surface area contributed by atoms with E-state index >= 15 is 0 Å². The van der Waals surface area contributed by atoms with Gasteiger partial charge in [-0.15, -0.1) is 0 Å². The summed E-state index contributed by atoms with van der Waals surface area (Å²) in [4.78, 5) is 2.58. The van der Waals surface area contributed by atoms with Crippen LogP contribution >= 0.6 is 0 Å². The second-order valence-electron chi connectivity index (χ2n) is 14.5. The second-order valence-corrected chi connectivity index (χ2v) is 14.5. The highest BCUT2D eigenvalue weighted by Gasteiger charge is 2.48. The zero-order valence-electron chi connectivity index (χ0n) is 29.7. The Labute approximate surface area is 315 Å². The molecule has 0 aromatic heterocycles. The first-order chi connectivity index (χ1) is 26.8. The molecule has 10 aromatic carbocycles. The summed E-state index contributed by atoms with van der Waals surface area (Å²) in [6, 6.07) is 78.8. The number of nitrogens with zero attached hydrogens (tertiary/aromatic N) is 1. The molecule has 0 saturated carbocycles. The van der Waals surface area contributed by atoms with E-state index in [1.165, 1.54) is 93.5 Å². The molecule has 252 valence electrons. The lowest BCUT2D eigenvalue weighted by Gasteiger charge is -2.47. The van der Waals surface area contributed by atoms with E-state index < -0.39 is 5.41 Å². The minimum atomic E-state index is -0.668. The van der Waals surface area contributed by atoms with Crippen molar-refractivity contribution in [2.75, 3.05) is 4.90 Å². The van der Waals surface area contributed by atoms with Crippen LogP contribution in [0.25, 0.3) is 54.2 Å². The van der Waals surface area contributed by atoms with Crippen LogP contribution < -0.4 is 4.90 Å². The van der Waals surface area contributed by atoms with Gasteiger partial charge in [-0.3, -0.25) is 0 Å². The average molecular weight is 686 g/mol. The highest BCUT2D eigenvalue weighted by Crippen LogP contribution is 2.61. The quantitative estimate of drug-likeness (QED) is 0.167. The second kappa shape index (κ2) is 12.0. The number of anilines is 3. The van der Waals surface area contributed by atoms with Crippen LogP contribution in [0.1, 0.15) is 22.3 Å². The third kappa shape index (κ3) is 4.45. The van der Waals surface area contributed by atoms with Crippen molar-refractivity contribution >= 4 is 60.2 Å². The maximum absolute atomic E-state index is 2.58. The standard InChI is InChI=1S/C53H35N/c1-3-15-36(16-4-1)40-29-31-49-48(35-40)53(43-22-5-2-6-23-43,44-30-27-37-17-7-8-19-39(37)34-44)51-45-24-12-9-18-38(45)28-32-50(51)54(49)52-46-25-13-10-20-41(46)33-42-21-11-14-26-47(42)52/h1-35H. The Balaban J connectivity index is 1.38. The van der Waals surface area contributed by atoms with Crippen molar-refractivity contribution in [2.24, 2.45) is 0 Å². The lowest BCUT2D eigenvalue weighted by Crippen LogP contribution is -2.38. The molecule has 11 rings (SSSR count). The summed E-state index contributed by atoms with van der Waals surface area (Å²) >= 11 is 0. The first kappa shape index (κ1) is 30.6. The molecule has 1 aliphatic heterocycles. The molecule has 1 heterocycles. The van der Waals surface area contributed by atoms with Gasteiger partial charge in [-0.1, -0.05) is 182 Å². The Morgan fingerprint density at radius 1 is 0.315 bits per heavy atom. The van der Waals surface area contributed by atoms with E-state index in [0.717, 1.165) is 0 Å². The highest BCUT2D eigenvalue weighted by atomic mass is 15.2. The Morgan fingerprint density at radius 3 is 1.59 bits per heavy atom. The molecule has 1 atom stereocenters. The van der Waals surface area contributed by atoms with Gasteiger partial charge in [0.2, 0.25) is 0 Å². The van der Waals surface area contributed by atoms with Gasteiger partial charge in [0.15, 0.2) is 0 Å². The fraction of sp³-hybridized carbons (Fsp3) is 0.0189. The zero-order chi connectivity index (χ0) is 35.6. The van der Waals surface area contributed by atoms with Gasteiger partial charge in [-0.05, 0) is 90.5 Å². The lowest BCUT2D eigenvalue weighted by molar-refractivity contribution is 0.740. The molecule has 0 spiro atoms. The summed E-state index contributed by atoms with van der Waals surface area (Å²) < 4.78 is 0. The van der Waals surface area contributed by atoms with Gasteiger partial charge in [0.25, 0.3) is 0 Å². The summed E-state index contributed by atoms with van der Waals surface area (Å²) in [6.07, 6.45) is 0. The van der Waals surface area contributed by atoms with Gasteiger partial charge >= 0.3 is 0 Å². The van der Waals surface area contributed by atoms with Crippen molar-refractivity contribution < 1.29 is 0 Å². The summed E-state index contributed by atoms with van der Waals surface area (Å²) in [5.41, 5.74) is 10.3. The Morgan fingerprint density at radius 2 is 0.870 bits per heavy atom. The van der Waals surface area contributed by atoms with Crippen LogP contribution in [-0.4, -0.2) is 0 Å². The monoisotopic (exact) mass is 685 g/mol. The lowest BCUT2D eigenvalue weighted by atomic mass is 9.61. The molecule has 1 aliphatic rings. The van der Waals surface area contributed by atoms with Gasteiger partial charge in [0, 0.05) is 16.3 Å². The maximum atomic E-state index is 2.58. The van der Waals surface area contributed by atoms with E-state index in [4.69, 9.17) is 0 Å². The van der Waals surface area contributed by atoms with E-state index in [1.807, 2.05) is 0 Å². The van der Waals surface area contributed by atoms with Crippen LogP contribution in [-0.2, 0) is 5.41 Å². The average Bonchev–Trinajstić information content (AvgIpc) is 3.25. The van der Waals surface area contributed by atoms with E-state index in [-0.39, 0.29) is 0 Å². The van der Waals surface area contributed by atoms with Crippen LogP contribution in [0.2, 0.25) is 0 Å². The molecule has 1 heteroatoms. The Hall–Kier alpha value is -6.96. The minimum absolute atomic E-state index is 0.668. The van der Waals surface area contributed by atoms with Crippen molar-refractivity contribution in [3.8, 4) is 11.1 Å². The molecule has 1 nitrogen and oxygen atoms in total. The molecule has 0 N–H and O–H groups in total. The van der Waals surface area contributed by atoms with Crippen LogP contribution in [0.5, 0.6) is 0 Å². The number of fused-ring (bicyclic) bond motifs is 7. The summed E-state index contributed by atoms with van der Waals surface area (Å²) in [5.74, 6) is 0. The fourth-order valence-corrected chi connectivity index (χ4v) is 9.30. The molecular formula is C53H35N. The third-order valence-corrected chi connectivity index (χ3v) is 11.6. The first-order valence-corrected chi connectivity index (χ1v) is 18.8. The van der Waals surface area contributed by atoms with Gasteiger partial charge in [0.05, 0.1) is 22.5 Å². The molecule has 54 heavy (non-hydrogen) atoms. The first-order valence-electron chi connectivity index (χ1n) is 18.8. The van der Waals surface area contributed by atoms with Gasteiger partial charge in [-0.25, -0.2) is 0 Å². The Kier molecular flexibility index (Phi) is 6.84. The van der Waals surface area contributed by atoms with E-state index in [0.29, 0.717) is 0 Å². The molecule has 0 bridgehead atoms. The molecular weight excluding hydrogens is 651 g/mol. The molecule has 0 radical (unpaired) electrons. The van der Waals surface area contributed by atoms with Crippen molar-refractivity contribution in [1.82, 2.24) is 0 Å². The molecule has 1 unspecified atom stereocenters. The third-order valence-electron chi connectivity index (χ3n) is 11.6. The number of hydrogen-bond acceptors (Lipinski definition) is 1. The molecule has 0 amide bonds. The van der Waals surface area contributed by atoms with E-state index in [9.17, 15) is 0 Å². The smallest absolute Gasteiger partial charge is 0.0748 e. The van der Waals surface area contributed by atoms with Crippen molar-refractivity contribution in [3.63, 3.8) is 0 Å². The van der Waals surface area contributed by atoms with Crippen LogP contribution in [0.15, 0.2) is 212 Å². The summed E-state index contributed by atoms with van der Waals surface area (Å²) in [5, 5.41) is 9.85. The van der Waals surface area contributed by atoms with Crippen LogP contribution in [0, 0.1) is 0 Å². The van der Waals surface area contributed by atoms with E-state index in [1.54, 1.807) is 0 Å². The van der Waals surface area contributed by atoms with Crippen LogP contribution in [0.3, 0.4) is 0 Å². The van der Waals surface area contributed by atoms with Crippen molar-refractivity contribution in [2.45, 2.75) is 5.41 Å². The normalized spacial score (nSPS) is 15.1. The molecule has 0 saturated heterocycles. The predicted octanol–water partition coefficient (Wildman–Crippen LogP) is 14.1. The molecule has 0 fully saturated rings. The summed E-state index contributed by atoms with van der Waals surface area (Å²) in [6.45, 7) is 0. The highest BCUT2D eigenvalue weighted by molar-refractivity contribution is 6.16. The molecule has 10 aromatic rings. The van der Waals surface area contributed by atoms with Crippen LogP contribution in [0.4, 0.5) is 17.1 Å². The van der Waals surface area contributed by atoms with E-state index in [2.05, 4.69) is 217 Å². The van der Waals surface area contributed by atoms with Gasteiger partial charge in [0.1, 0.15) is 0 Å². The maximum Gasteiger partial charge on any atom is 0.0748 e. The largest absolute Gasteiger partial charge is 0.309 e. The number of benzene rings is 10.